The molecule has 92 valence electrons. The summed E-state index contributed by atoms with van der Waals surface area (Å²) in [4.78, 5) is 11.8. The Kier molecular flexibility index (Phi) is 4.49. The highest BCUT2D eigenvalue weighted by Gasteiger charge is 2.30. The van der Waals surface area contributed by atoms with Crippen LogP contribution < -0.4 is 11.1 Å². The van der Waals surface area contributed by atoms with Crippen LogP contribution in [0.3, 0.4) is 0 Å². The van der Waals surface area contributed by atoms with Gasteiger partial charge in [0.15, 0.2) is 0 Å². The molecular weight excluding hydrogens is 224 g/mol. The second kappa shape index (κ2) is 5.89. The van der Waals surface area contributed by atoms with Crippen molar-refractivity contribution in [2.24, 2.45) is 11.7 Å². The third kappa shape index (κ3) is 3.12. The van der Waals surface area contributed by atoms with Crippen LogP contribution >= 0.6 is 11.8 Å². The first-order chi connectivity index (χ1) is 7.79. The molecule has 2 fully saturated rings. The van der Waals surface area contributed by atoms with E-state index >= 15 is 0 Å². The smallest absolute Gasteiger partial charge is 0.249 e. The predicted octanol–water partition coefficient (Wildman–Crippen LogP) is 0.362. The molecule has 5 heteroatoms. The molecule has 2 rings (SSSR count). The van der Waals surface area contributed by atoms with E-state index in [0.29, 0.717) is 12.5 Å². The van der Waals surface area contributed by atoms with E-state index in [2.05, 4.69) is 5.32 Å². The summed E-state index contributed by atoms with van der Waals surface area (Å²) in [6, 6.07) is 0. The molecule has 0 radical (unpaired) electrons. The normalized spacial score (nSPS) is 34.2. The molecule has 16 heavy (non-hydrogen) atoms. The quantitative estimate of drug-likeness (QED) is 0.749. The lowest BCUT2D eigenvalue weighted by molar-refractivity contribution is -0.132. The third-order valence-corrected chi connectivity index (χ3v) is 4.48. The average Bonchev–Trinajstić information content (AvgIpc) is 2.96. The molecule has 2 aliphatic heterocycles. The first kappa shape index (κ1) is 12.2. The molecule has 1 amide bonds. The number of amides is 1. The summed E-state index contributed by atoms with van der Waals surface area (Å²) in [5.41, 5.74) is 5.51. The number of hydrogen-bond acceptors (Lipinski definition) is 4. The maximum absolute atomic E-state index is 11.8. The largest absolute Gasteiger partial charge is 0.364 e. The Morgan fingerprint density at radius 3 is 2.94 bits per heavy atom. The van der Waals surface area contributed by atoms with E-state index < -0.39 is 0 Å². The van der Waals surface area contributed by atoms with Crippen LogP contribution in [0.5, 0.6) is 0 Å². The van der Waals surface area contributed by atoms with E-state index in [9.17, 15) is 4.79 Å². The Bertz CT molecular complexity index is 244. The number of thioether (sulfide) groups is 1. The first-order valence-electron chi connectivity index (χ1n) is 6.00. The van der Waals surface area contributed by atoms with Gasteiger partial charge in [-0.05, 0) is 36.7 Å². The summed E-state index contributed by atoms with van der Waals surface area (Å²) in [5, 5.41) is 2.99. The van der Waals surface area contributed by atoms with Gasteiger partial charge in [-0.1, -0.05) is 0 Å². The Hall–Kier alpha value is -0.260. The topological polar surface area (TPSA) is 64.4 Å². The summed E-state index contributed by atoms with van der Waals surface area (Å²) in [6.07, 6.45) is 2.77. The highest BCUT2D eigenvalue weighted by Crippen LogP contribution is 2.23. The highest BCUT2D eigenvalue weighted by molar-refractivity contribution is 7.99. The Balaban J connectivity index is 1.67. The molecule has 4 nitrogen and oxygen atoms in total. The number of nitrogens with two attached hydrogens (primary N) is 1. The molecule has 0 aliphatic carbocycles. The Morgan fingerprint density at radius 2 is 2.31 bits per heavy atom. The minimum atomic E-state index is -0.261. The number of rotatable bonds is 4. The molecule has 2 heterocycles. The van der Waals surface area contributed by atoms with Gasteiger partial charge in [-0.3, -0.25) is 4.79 Å². The molecular formula is C11H20N2O2S. The lowest BCUT2D eigenvalue weighted by Crippen LogP contribution is -2.38. The maximum Gasteiger partial charge on any atom is 0.249 e. The van der Waals surface area contributed by atoms with Crippen molar-refractivity contribution < 1.29 is 9.53 Å². The van der Waals surface area contributed by atoms with E-state index in [-0.39, 0.29) is 18.1 Å². The summed E-state index contributed by atoms with van der Waals surface area (Å²) in [6.45, 7) is 1.32. The fourth-order valence-corrected chi connectivity index (χ4v) is 3.46. The second-order valence-corrected chi connectivity index (χ2v) is 5.68. The maximum atomic E-state index is 11.8. The van der Waals surface area contributed by atoms with E-state index in [1.54, 1.807) is 0 Å². The summed E-state index contributed by atoms with van der Waals surface area (Å²) in [7, 11) is 0. The zero-order valence-electron chi connectivity index (χ0n) is 9.48. The SMILES string of the molecule is NCC1CCC(C(=O)NCC2CCSC2)O1. The van der Waals surface area contributed by atoms with Gasteiger partial charge in [0.2, 0.25) is 5.91 Å². The van der Waals surface area contributed by atoms with Crippen molar-refractivity contribution in [3.63, 3.8) is 0 Å². The van der Waals surface area contributed by atoms with E-state index in [0.717, 1.165) is 19.4 Å². The Labute approximate surface area is 101 Å². The van der Waals surface area contributed by atoms with Crippen LogP contribution in [0.4, 0.5) is 0 Å². The van der Waals surface area contributed by atoms with Gasteiger partial charge in [0.1, 0.15) is 6.10 Å². The second-order valence-electron chi connectivity index (χ2n) is 4.53. The number of nitrogens with one attached hydrogen (secondary N) is 1. The molecule has 3 atom stereocenters. The lowest BCUT2D eigenvalue weighted by Gasteiger charge is -2.14. The molecule has 0 aromatic heterocycles. The zero-order valence-corrected chi connectivity index (χ0v) is 10.3. The summed E-state index contributed by atoms with van der Waals surface area (Å²) >= 11 is 1.97. The van der Waals surface area contributed by atoms with Crippen LogP contribution in [-0.2, 0) is 9.53 Å². The van der Waals surface area contributed by atoms with Gasteiger partial charge < -0.3 is 15.8 Å². The first-order valence-corrected chi connectivity index (χ1v) is 7.16. The molecule has 0 saturated carbocycles. The average molecular weight is 244 g/mol. The van der Waals surface area contributed by atoms with Gasteiger partial charge in [-0.15, -0.1) is 0 Å². The van der Waals surface area contributed by atoms with Gasteiger partial charge in [-0.25, -0.2) is 0 Å². The summed E-state index contributed by atoms with van der Waals surface area (Å²) < 4.78 is 5.55. The van der Waals surface area contributed by atoms with Crippen molar-refractivity contribution >= 4 is 17.7 Å². The molecule has 0 spiro atoms. The van der Waals surface area contributed by atoms with Gasteiger partial charge in [-0.2, -0.15) is 11.8 Å². The number of hydrogen-bond donors (Lipinski definition) is 2. The summed E-state index contributed by atoms with van der Waals surface area (Å²) in [5.74, 6) is 3.11. The van der Waals surface area contributed by atoms with Crippen LogP contribution in [0, 0.1) is 5.92 Å². The fourth-order valence-electron chi connectivity index (χ4n) is 2.18. The minimum absolute atomic E-state index is 0.0489. The van der Waals surface area contributed by atoms with Gasteiger partial charge in [0, 0.05) is 13.1 Å². The lowest BCUT2D eigenvalue weighted by atomic mass is 10.1. The van der Waals surface area contributed by atoms with Gasteiger partial charge >= 0.3 is 0 Å². The highest BCUT2D eigenvalue weighted by atomic mass is 32.2. The van der Waals surface area contributed by atoms with Crippen molar-refractivity contribution in [1.82, 2.24) is 5.32 Å². The predicted molar refractivity (Wildman–Crippen MR) is 65.4 cm³/mol. The van der Waals surface area contributed by atoms with Gasteiger partial charge in [0.25, 0.3) is 0 Å². The van der Waals surface area contributed by atoms with Crippen molar-refractivity contribution in [3.8, 4) is 0 Å². The molecule has 3 N–H and O–H groups in total. The van der Waals surface area contributed by atoms with Crippen molar-refractivity contribution in [2.75, 3.05) is 24.6 Å². The minimum Gasteiger partial charge on any atom is -0.364 e. The zero-order chi connectivity index (χ0) is 11.4. The Morgan fingerprint density at radius 1 is 1.44 bits per heavy atom. The standard InChI is InChI=1S/C11H20N2O2S/c12-5-9-1-2-10(15-9)11(14)13-6-8-3-4-16-7-8/h8-10H,1-7,12H2,(H,13,14). The van der Waals surface area contributed by atoms with Crippen LogP contribution in [0.1, 0.15) is 19.3 Å². The molecule has 2 aliphatic rings. The van der Waals surface area contributed by atoms with Crippen LogP contribution in [0.15, 0.2) is 0 Å². The van der Waals surface area contributed by atoms with Crippen LogP contribution in [0.25, 0.3) is 0 Å². The fraction of sp³-hybridized carbons (Fsp3) is 0.909. The molecule has 0 aromatic rings. The molecule has 3 unspecified atom stereocenters. The van der Waals surface area contributed by atoms with Crippen molar-refractivity contribution in [2.45, 2.75) is 31.5 Å². The van der Waals surface area contributed by atoms with E-state index in [4.69, 9.17) is 10.5 Å². The van der Waals surface area contributed by atoms with Crippen molar-refractivity contribution in [1.29, 1.82) is 0 Å². The van der Waals surface area contributed by atoms with Crippen molar-refractivity contribution in [3.05, 3.63) is 0 Å². The van der Waals surface area contributed by atoms with E-state index in [1.807, 2.05) is 11.8 Å². The van der Waals surface area contributed by atoms with E-state index in [1.165, 1.54) is 17.9 Å². The third-order valence-electron chi connectivity index (χ3n) is 3.25. The van der Waals surface area contributed by atoms with Gasteiger partial charge in [0.05, 0.1) is 6.10 Å². The number of ether oxygens (including phenoxy) is 1. The molecule has 2 saturated heterocycles. The monoisotopic (exact) mass is 244 g/mol. The van der Waals surface area contributed by atoms with Crippen LogP contribution in [-0.4, -0.2) is 42.7 Å². The number of carbonyl (C=O) groups is 1. The number of carbonyl (C=O) groups excluding carboxylic acids is 1. The molecule has 0 bridgehead atoms. The molecule has 0 aromatic carbocycles. The van der Waals surface area contributed by atoms with Crippen LogP contribution in [0.2, 0.25) is 0 Å².